The molecular formula is C21H25N3O5. The molecule has 1 aromatic carbocycles. The highest BCUT2D eigenvalue weighted by Crippen LogP contribution is 2.32. The van der Waals surface area contributed by atoms with Crippen LogP contribution in [0.25, 0.3) is 0 Å². The highest BCUT2D eigenvalue weighted by atomic mass is 16.6. The number of carbonyl (C=O) groups excluding carboxylic acids is 2. The minimum atomic E-state index is -0.952. The summed E-state index contributed by atoms with van der Waals surface area (Å²) in [5, 5.41) is 20.6. The smallest absolute Gasteiger partial charge is 0.338 e. The fourth-order valence-corrected chi connectivity index (χ4v) is 3.04. The van der Waals surface area contributed by atoms with Crippen molar-refractivity contribution in [1.82, 2.24) is 10.2 Å². The number of aliphatic carboxylic acids is 1. The minimum Gasteiger partial charge on any atom is -0.481 e. The van der Waals surface area contributed by atoms with Crippen molar-refractivity contribution in [3.63, 3.8) is 0 Å². The molecule has 1 aliphatic rings. The van der Waals surface area contributed by atoms with Gasteiger partial charge in [-0.2, -0.15) is 5.26 Å². The van der Waals surface area contributed by atoms with Crippen LogP contribution in [0.4, 0.5) is 4.79 Å². The molecule has 0 aromatic heterocycles. The van der Waals surface area contributed by atoms with Crippen LogP contribution in [0, 0.1) is 11.3 Å². The van der Waals surface area contributed by atoms with Crippen molar-refractivity contribution in [2.75, 3.05) is 6.54 Å². The van der Waals surface area contributed by atoms with E-state index >= 15 is 0 Å². The molecule has 8 heteroatoms. The zero-order valence-corrected chi connectivity index (χ0v) is 17.0. The van der Waals surface area contributed by atoms with E-state index in [0.717, 1.165) is 0 Å². The van der Waals surface area contributed by atoms with E-state index in [1.165, 1.54) is 4.90 Å². The second-order valence-electron chi connectivity index (χ2n) is 7.77. The second kappa shape index (κ2) is 8.78. The lowest BCUT2D eigenvalue weighted by Crippen LogP contribution is -2.48. The maximum Gasteiger partial charge on any atom is 0.338 e. The van der Waals surface area contributed by atoms with Crippen LogP contribution in [0.3, 0.4) is 0 Å². The van der Waals surface area contributed by atoms with E-state index in [2.05, 4.69) is 5.32 Å². The summed E-state index contributed by atoms with van der Waals surface area (Å²) in [5.74, 6) is -1.51. The molecule has 154 valence electrons. The molecule has 8 nitrogen and oxygen atoms in total. The summed E-state index contributed by atoms with van der Waals surface area (Å²) in [6, 6.07) is 7.47. The Bertz CT molecular complexity index is 875. The van der Waals surface area contributed by atoms with E-state index < -0.39 is 29.6 Å². The van der Waals surface area contributed by atoms with E-state index in [-0.39, 0.29) is 25.0 Å². The highest BCUT2D eigenvalue weighted by molar-refractivity contribution is 5.95. The molecule has 1 heterocycles. The fourth-order valence-electron chi connectivity index (χ4n) is 3.04. The van der Waals surface area contributed by atoms with Gasteiger partial charge in [-0.1, -0.05) is 12.1 Å². The Morgan fingerprint density at radius 2 is 1.90 bits per heavy atom. The predicted octanol–water partition coefficient (Wildman–Crippen LogP) is 3.11. The molecule has 0 spiro atoms. The molecule has 1 atom stereocenters. The molecule has 2 rings (SSSR count). The number of nitriles is 1. The van der Waals surface area contributed by atoms with Crippen LogP contribution in [0.5, 0.6) is 0 Å². The average Bonchev–Trinajstić information content (AvgIpc) is 2.62. The van der Waals surface area contributed by atoms with Crippen LogP contribution >= 0.6 is 0 Å². The summed E-state index contributed by atoms with van der Waals surface area (Å²) in [7, 11) is 0. The molecule has 2 amide bonds. The Hall–Kier alpha value is -3.34. The Morgan fingerprint density at radius 3 is 2.41 bits per heavy atom. The fraction of sp³-hybridized carbons (Fsp3) is 0.429. The van der Waals surface area contributed by atoms with Crippen molar-refractivity contribution in [2.24, 2.45) is 0 Å². The second-order valence-corrected chi connectivity index (χ2v) is 7.77. The van der Waals surface area contributed by atoms with Crippen LogP contribution in [0.15, 0.2) is 35.5 Å². The number of hydrogen-bond acceptors (Lipinski definition) is 5. The Morgan fingerprint density at radius 1 is 1.28 bits per heavy atom. The van der Waals surface area contributed by atoms with Crippen LogP contribution in [-0.2, 0) is 14.3 Å². The monoisotopic (exact) mass is 399 g/mol. The van der Waals surface area contributed by atoms with Gasteiger partial charge < -0.3 is 15.2 Å². The number of urea groups is 1. The third-order valence-corrected chi connectivity index (χ3v) is 4.36. The van der Waals surface area contributed by atoms with Crippen LogP contribution in [0.2, 0.25) is 0 Å². The highest BCUT2D eigenvalue weighted by Gasteiger charge is 2.37. The number of benzene rings is 1. The van der Waals surface area contributed by atoms with E-state index in [0.29, 0.717) is 16.8 Å². The number of carboxylic acids is 1. The van der Waals surface area contributed by atoms with Crippen molar-refractivity contribution >= 4 is 18.0 Å². The molecule has 0 saturated heterocycles. The number of nitrogens with one attached hydrogen (secondary N) is 1. The van der Waals surface area contributed by atoms with Gasteiger partial charge in [0.25, 0.3) is 0 Å². The molecule has 0 radical (unpaired) electrons. The molecule has 1 aliphatic heterocycles. The first kappa shape index (κ1) is 22.0. The average molecular weight is 399 g/mol. The van der Waals surface area contributed by atoms with Crippen LogP contribution in [-0.4, -0.2) is 40.1 Å². The molecule has 1 aromatic rings. The van der Waals surface area contributed by atoms with Gasteiger partial charge in [-0.25, -0.2) is 9.59 Å². The zero-order chi connectivity index (χ0) is 21.8. The molecule has 0 fully saturated rings. The first-order chi connectivity index (χ1) is 13.5. The third-order valence-electron chi connectivity index (χ3n) is 4.36. The normalized spacial score (nSPS) is 16.9. The molecule has 0 bridgehead atoms. The lowest BCUT2D eigenvalue weighted by atomic mass is 9.94. The number of allylic oxidation sites excluding steroid dienone is 1. The zero-order valence-electron chi connectivity index (χ0n) is 17.0. The number of rotatable bonds is 6. The van der Waals surface area contributed by atoms with Gasteiger partial charge in [-0.05, 0) is 51.8 Å². The lowest BCUT2D eigenvalue weighted by molar-refractivity contribution is -0.150. The summed E-state index contributed by atoms with van der Waals surface area (Å²) in [6.45, 7) is 7.07. The van der Waals surface area contributed by atoms with Gasteiger partial charge in [-0.3, -0.25) is 9.69 Å². The first-order valence-electron chi connectivity index (χ1n) is 9.27. The summed E-state index contributed by atoms with van der Waals surface area (Å²) in [4.78, 5) is 37.8. The van der Waals surface area contributed by atoms with Gasteiger partial charge in [0, 0.05) is 18.7 Å². The van der Waals surface area contributed by atoms with Crippen molar-refractivity contribution in [3.05, 3.63) is 46.7 Å². The molecule has 2 N–H and O–H groups in total. The predicted molar refractivity (Wildman–Crippen MR) is 105 cm³/mol. The SMILES string of the molecule is CC1=C(C(=O)OC(C)(C)C)C(c2ccc(C#N)cc2)NC(=O)N1CCCC(=O)O. The number of esters is 1. The van der Waals surface area contributed by atoms with Crippen molar-refractivity contribution in [2.45, 2.75) is 52.2 Å². The molecule has 0 aliphatic carbocycles. The van der Waals surface area contributed by atoms with Gasteiger partial charge in [0.2, 0.25) is 0 Å². The lowest BCUT2D eigenvalue weighted by Gasteiger charge is -2.36. The third kappa shape index (κ3) is 5.57. The number of hydrogen-bond donors (Lipinski definition) is 2. The standard InChI is InChI=1S/C21H25N3O5/c1-13-17(19(27)29-21(2,3)4)18(15-9-7-14(12-22)8-10-15)23-20(28)24(13)11-5-6-16(25)26/h7-10,18H,5-6,11H2,1-4H3,(H,23,28)(H,25,26). The Balaban J connectivity index is 2.44. The summed E-state index contributed by atoms with van der Waals surface area (Å²) < 4.78 is 5.55. The van der Waals surface area contributed by atoms with Crippen LogP contribution < -0.4 is 5.32 Å². The van der Waals surface area contributed by atoms with Crippen LogP contribution in [0.1, 0.15) is 57.7 Å². The molecule has 1 unspecified atom stereocenters. The Labute approximate surface area is 169 Å². The molecule has 0 saturated carbocycles. The number of carbonyl (C=O) groups is 3. The van der Waals surface area contributed by atoms with Crippen molar-refractivity contribution < 1.29 is 24.2 Å². The maximum absolute atomic E-state index is 13.0. The van der Waals surface area contributed by atoms with Gasteiger partial charge in [0.15, 0.2) is 0 Å². The van der Waals surface area contributed by atoms with Gasteiger partial charge in [0.05, 0.1) is 23.2 Å². The summed E-state index contributed by atoms with van der Waals surface area (Å²) in [6.07, 6.45) is 0.168. The van der Waals surface area contributed by atoms with E-state index in [1.807, 2.05) is 6.07 Å². The number of amides is 2. The van der Waals surface area contributed by atoms with Gasteiger partial charge >= 0.3 is 18.0 Å². The van der Waals surface area contributed by atoms with E-state index in [4.69, 9.17) is 15.1 Å². The quantitative estimate of drug-likeness (QED) is 0.709. The first-order valence-corrected chi connectivity index (χ1v) is 9.27. The minimum absolute atomic E-state index is 0.0854. The van der Waals surface area contributed by atoms with Crippen molar-refractivity contribution in [3.8, 4) is 6.07 Å². The van der Waals surface area contributed by atoms with Crippen molar-refractivity contribution in [1.29, 1.82) is 5.26 Å². The molecule has 29 heavy (non-hydrogen) atoms. The largest absolute Gasteiger partial charge is 0.481 e. The maximum atomic E-state index is 13.0. The Kier molecular flexibility index (Phi) is 6.64. The number of ether oxygens (including phenoxy) is 1. The number of nitrogens with zero attached hydrogens (tertiary/aromatic N) is 2. The van der Waals surface area contributed by atoms with E-state index in [1.54, 1.807) is 52.0 Å². The van der Waals surface area contributed by atoms with Gasteiger partial charge in [-0.15, -0.1) is 0 Å². The van der Waals surface area contributed by atoms with E-state index in [9.17, 15) is 14.4 Å². The number of carboxylic acid groups (broad SMARTS) is 1. The van der Waals surface area contributed by atoms with Gasteiger partial charge in [0.1, 0.15) is 5.60 Å². The molecular weight excluding hydrogens is 374 g/mol. The summed E-state index contributed by atoms with van der Waals surface area (Å²) in [5.41, 5.74) is 1.07. The topological polar surface area (TPSA) is 120 Å². The summed E-state index contributed by atoms with van der Waals surface area (Å²) >= 11 is 0.